The van der Waals surface area contributed by atoms with Gasteiger partial charge in [0.1, 0.15) is 17.3 Å². The average molecular weight is 466 g/mol. The number of hydrogen-bond donors (Lipinski definition) is 0. The Morgan fingerprint density at radius 2 is 1.88 bits per heavy atom. The summed E-state index contributed by atoms with van der Waals surface area (Å²) in [6, 6.07) is 17.8. The molecule has 0 saturated carbocycles. The van der Waals surface area contributed by atoms with Gasteiger partial charge in [-0.05, 0) is 43.3 Å². The third-order valence-electron chi connectivity index (χ3n) is 4.70. The Labute approximate surface area is 194 Å². The summed E-state index contributed by atoms with van der Waals surface area (Å²) in [6.45, 7) is 2.09. The fraction of sp³-hybridized carbons (Fsp3) is 0.125. The molecule has 4 rings (SSSR count). The molecule has 1 aliphatic heterocycles. The molecule has 0 unspecified atom stereocenters. The van der Waals surface area contributed by atoms with Gasteiger partial charge < -0.3 is 13.9 Å². The summed E-state index contributed by atoms with van der Waals surface area (Å²) in [6.07, 6.45) is 1.67. The van der Waals surface area contributed by atoms with Crippen LogP contribution in [-0.4, -0.2) is 29.9 Å². The molecule has 3 aromatic rings. The minimum absolute atomic E-state index is 0.235. The standard InChI is InChI=1S/C24H19NO5S2/c1-3-29-23(27)16-10-8-15(9-11-16)19-13-12-17(30-19)14-21-22(26)25(24(31)32-21)18-6-4-5-7-20(18)28-2/h4-14H,3H2,1-2H3. The van der Waals surface area contributed by atoms with Crippen LogP contribution in [0, 0.1) is 0 Å². The first-order chi connectivity index (χ1) is 15.5. The molecule has 8 heteroatoms. The maximum Gasteiger partial charge on any atom is 0.338 e. The molecule has 0 aliphatic carbocycles. The van der Waals surface area contributed by atoms with Crippen LogP contribution in [0.2, 0.25) is 0 Å². The minimum atomic E-state index is -0.365. The second-order valence-electron chi connectivity index (χ2n) is 6.69. The van der Waals surface area contributed by atoms with Crippen molar-refractivity contribution in [3.8, 4) is 17.1 Å². The predicted molar refractivity (Wildman–Crippen MR) is 129 cm³/mol. The second kappa shape index (κ2) is 9.42. The van der Waals surface area contributed by atoms with Crippen molar-refractivity contribution < 1.29 is 23.5 Å². The normalized spacial score (nSPS) is 14.8. The number of benzene rings is 2. The second-order valence-corrected chi connectivity index (χ2v) is 8.36. The lowest BCUT2D eigenvalue weighted by atomic mass is 10.1. The van der Waals surface area contributed by atoms with Gasteiger partial charge in [0.25, 0.3) is 5.91 Å². The van der Waals surface area contributed by atoms with Gasteiger partial charge >= 0.3 is 5.97 Å². The number of thiocarbonyl (C=S) groups is 1. The molecule has 0 spiro atoms. The van der Waals surface area contributed by atoms with Crippen molar-refractivity contribution in [1.82, 2.24) is 0 Å². The van der Waals surface area contributed by atoms with E-state index in [1.54, 1.807) is 62.6 Å². The van der Waals surface area contributed by atoms with E-state index in [2.05, 4.69) is 0 Å². The number of rotatable bonds is 6. The highest BCUT2D eigenvalue weighted by Gasteiger charge is 2.35. The fourth-order valence-electron chi connectivity index (χ4n) is 3.19. The first kappa shape index (κ1) is 21.9. The predicted octanol–water partition coefficient (Wildman–Crippen LogP) is 5.54. The maximum atomic E-state index is 13.0. The van der Waals surface area contributed by atoms with Gasteiger partial charge in [0.05, 0.1) is 29.9 Å². The van der Waals surface area contributed by atoms with Crippen LogP contribution in [0.1, 0.15) is 23.0 Å². The van der Waals surface area contributed by atoms with Gasteiger partial charge in [-0.2, -0.15) is 0 Å². The van der Waals surface area contributed by atoms with Gasteiger partial charge in [0.2, 0.25) is 0 Å². The molecule has 32 heavy (non-hydrogen) atoms. The molecule has 1 aliphatic rings. The Morgan fingerprint density at radius 1 is 1.12 bits per heavy atom. The number of thioether (sulfide) groups is 1. The van der Waals surface area contributed by atoms with E-state index >= 15 is 0 Å². The van der Waals surface area contributed by atoms with Crippen LogP contribution in [0.5, 0.6) is 5.75 Å². The molecule has 1 saturated heterocycles. The van der Waals surface area contributed by atoms with Crippen molar-refractivity contribution >= 4 is 51.9 Å². The van der Waals surface area contributed by atoms with Gasteiger partial charge in [-0.1, -0.05) is 48.2 Å². The molecule has 0 atom stereocenters. The Hall–Kier alpha value is -3.36. The minimum Gasteiger partial charge on any atom is -0.495 e. The largest absolute Gasteiger partial charge is 0.495 e. The van der Waals surface area contributed by atoms with E-state index in [9.17, 15) is 9.59 Å². The Kier molecular flexibility index (Phi) is 6.43. The molecule has 1 aromatic heterocycles. The van der Waals surface area contributed by atoms with Crippen molar-refractivity contribution in [2.24, 2.45) is 0 Å². The summed E-state index contributed by atoms with van der Waals surface area (Å²) in [5.41, 5.74) is 1.88. The van der Waals surface area contributed by atoms with Gasteiger partial charge in [-0.15, -0.1) is 0 Å². The number of carbonyl (C=O) groups is 2. The number of para-hydroxylation sites is 2. The van der Waals surface area contributed by atoms with Crippen LogP contribution in [-0.2, 0) is 9.53 Å². The van der Waals surface area contributed by atoms with Crippen molar-refractivity contribution in [2.75, 3.05) is 18.6 Å². The molecule has 162 valence electrons. The van der Waals surface area contributed by atoms with Crippen molar-refractivity contribution in [3.63, 3.8) is 0 Å². The summed E-state index contributed by atoms with van der Waals surface area (Å²) < 4.78 is 16.7. The number of nitrogens with zero attached hydrogens (tertiary/aromatic N) is 1. The van der Waals surface area contributed by atoms with E-state index in [1.807, 2.05) is 18.2 Å². The zero-order valence-corrected chi connectivity index (χ0v) is 19.0. The fourth-order valence-corrected chi connectivity index (χ4v) is 4.45. The zero-order chi connectivity index (χ0) is 22.7. The van der Waals surface area contributed by atoms with E-state index in [0.29, 0.717) is 44.4 Å². The molecule has 0 bridgehead atoms. The van der Waals surface area contributed by atoms with Crippen LogP contribution < -0.4 is 9.64 Å². The Bertz CT molecular complexity index is 1210. The number of hydrogen-bond acceptors (Lipinski definition) is 7. The van der Waals surface area contributed by atoms with E-state index in [-0.39, 0.29) is 11.9 Å². The molecule has 1 amide bonds. The Balaban J connectivity index is 1.55. The molecular formula is C24H19NO5S2. The lowest BCUT2D eigenvalue weighted by Gasteiger charge is -2.17. The maximum absolute atomic E-state index is 13.0. The van der Waals surface area contributed by atoms with Crippen LogP contribution in [0.25, 0.3) is 17.4 Å². The Morgan fingerprint density at radius 3 is 2.59 bits per heavy atom. The molecule has 0 radical (unpaired) electrons. The number of furan rings is 1. The monoisotopic (exact) mass is 465 g/mol. The number of carbonyl (C=O) groups excluding carboxylic acids is 2. The third-order valence-corrected chi connectivity index (χ3v) is 6.00. The number of anilines is 1. The summed E-state index contributed by atoms with van der Waals surface area (Å²) in [4.78, 5) is 26.8. The zero-order valence-electron chi connectivity index (χ0n) is 17.4. The van der Waals surface area contributed by atoms with Crippen molar-refractivity contribution in [3.05, 3.63) is 76.9 Å². The van der Waals surface area contributed by atoms with Crippen LogP contribution in [0.4, 0.5) is 5.69 Å². The summed E-state index contributed by atoms with van der Waals surface area (Å²) >= 11 is 6.64. The summed E-state index contributed by atoms with van der Waals surface area (Å²) in [5, 5.41) is 0. The van der Waals surface area contributed by atoms with E-state index in [4.69, 9.17) is 26.1 Å². The summed E-state index contributed by atoms with van der Waals surface area (Å²) in [7, 11) is 1.55. The quantitative estimate of drug-likeness (QED) is 0.269. The van der Waals surface area contributed by atoms with Crippen LogP contribution in [0.3, 0.4) is 0 Å². The summed E-state index contributed by atoms with van der Waals surface area (Å²) in [5.74, 6) is 1.11. The molecule has 2 aromatic carbocycles. The van der Waals surface area contributed by atoms with E-state index in [1.165, 1.54) is 16.7 Å². The van der Waals surface area contributed by atoms with Crippen molar-refractivity contribution in [2.45, 2.75) is 6.92 Å². The first-order valence-electron chi connectivity index (χ1n) is 9.80. The molecule has 2 heterocycles. The highest BCUT2D eigenvalue weighted by Crippen LogP contribution is 2.40. The van der Waals surface area contributed by atoms with Crippen molar-refractivity contribution in [1.29, 1.82) is 0 Å². The molecule has 6 nitrogen and oxygen atoms in total. The van der Waals surface area contributed by atoms with E-state index in [0.717, 1.165) is 5.56 Å². The van der Waals surface area contributed by atoms with Gasteiger partial charge in [-0.3, -0.25) is 9.69 Å². The topological polar surface area (TPSA) is 69.0 Å². The molecule has 0 N–H and O–H groups in total. The third kappa shape index (κ3) is 4.32. The average Bonchev–Trinajstić information content (AvgIpc) is 3.38. The molecule has 1 fully saturated rings. The number of amides is 1. The lowest BCUT2D eigenvalue weighted by molar-refractivity contribution is -0.113. The number of ether oxygens (including phenoxy) is 2. The molecular weight excluding hydrogens is 446 g/mol. The van der Waals surface area contributed by atoms with Gasteiger partial charge in [0.15, 0.2) is 4.32 Å². The van der Waals surface area contributed by atoms with Crippen LogP contribution >= 0.6 is 24.0 Å². The van der Waals surface area contributed by atoms with Crippen LogP contribution in [0.15, 0.2) is 70.0 Å². The van der Waals surface area contributed by atoms with Gasteiger partial charge in [0, 0.05) is 11.6 Å². The lowest BCUT2D eigenvalue weighted by Crippen LogP contribution is -2.27. The number of esters is 1. The highest BCUT2D eigenvalue weighted by atomic mass is 32.2. The number of methoxy groups -OCH3 is 1. The smallest absolute Gasteiger partial charge is 0.338 e. The SMILES string of the molecule is CCOC(=O)c1ccc(-c2ccc(C=C3SC(=S)N(c4ccccc4OC)C3=O)o2)cc1. The van der Waals surface area contributed by atoms with Gasteiger partial charge in [-0.25, -0.2) is 4.79 Å². The highest BCUT2D eigenvalue weighted by molar-refractivity contribution is 8.27. The van der Waals surface area contributed by atoms with E-state index < -0.39 is 0 Å². The first-order valence-corrected chi connectivity index (χ1v) is 11.0.